The van der Waals surface area contributed by atoms with Crippen LogP contribution >= 0.6 is 0 Å². The van der Waals surface area contributed by atoms with Gasteiger partial charge in [0.05, 0.1) is 7.11 Å². The number of methoxy groups -OCH3 is 1. The maximum atomic E-state index is 11.5. The van der Waals surface area contributed by atoms with E-state index in [0.29, 0.717) is 23.5 Å². The molecule has 5 atom stereocenters. The van der Waals surface area contributed by atoms with Crippen molar-refractivity contribution in [2.24, 2.45) is 17.3 Å². The van der Waals surface area contributed by atoms with E-state index in [1.165, 1.54) is 18.1 Å². The summed E-state index contributed by atoms with van der Waals surface area (Å²) in [5.41, 5.74) is 2.76. The molecule has 0 aliphatic heterocycles. The van der Waals surface area contributed by atoms with Gasteiger partial charge in [-0.1, -0.05) is 6.92 Å². The first kappa shape index (κ1) is 16.7. The molecule has 0 spiro atoms. The molecule has 0 saturated heterocycles. The van der Waals surface area contributed by atoms with Gasteiger partial charge in [0.1, 0.15) is 6.10 Å². The molecule has 0 aromatic heterocycles. The minimum Gasteiger partial charge on any atom is -0.504 e. The average Bonchev–Trinajstić information content (AvgIpc) is 2.90. The van der Waals surface area contributed by atoms with Crippen LogP contribution in [0, 0.1) is 17.3 Å². The van der Waals surface area contributed by atoms with Crippen molar-refractivity contribution in [3.8, 4) is 11.5 Å². The first-order valence-electron chi connectivity index (χ1n) is 9.51. The van der Waals surface area contributed by atoms with Crippen molar-refractivity contribution in [1.29, 1.82) is 0 Å². The van der Waals surface area contributed by atoms with E-state index >= 15 is 0 Å². The quantitative estimate of drug-likeness (QED) is 0.818. The number of hydrogen-bond donors (Lipinski definition) is 1. The maximum Gasteiger partial charge on any atom is 0.302 e. The number of phenols is 1. The maximum absolute atomic E-state index is 11.5. The van der Waals surface area contributed by atoms with Gasteiger partial charge in [0.2, 0.25) is 0 Å². The number of carbonyl (C=O) groups excluding carboxylic acids is 1. The third-order valence-corrected chi connectivity index (χ3v) is 7.25. The second-order valence-corrected chi connectivity index (χ2v) is 8.36. The van der Waals surface area contributed by atoms with Crippen LogP contribution in [0.25, 0.3) is 0 Å². The van der Waals surface area contributed by atoms with Crippen molar-refractivity contribution in [2.75, 3.05) is 7.11 Å². The number of aryl methyl sites for hydroxylation is 1. The molecule has 0 heterocycles. The molecular formula is C21H28O4. The van der Waals surface area contributed by atoms with Crippen LogP contribution in [-0.2, 0) is 16.0 Å². The molecule has 3 unspecified atom stereocenters. The molecule has 1 aromatic carbocycles. The molecule has 136 valence electrons. The van der Waals surface area contributed by atoms with E-state index in [9.17, 15) is 9.90 Å². The standard InChI is InChI=1S/C21H28O4/c1-12(22)25-20-7-6-17-15-5-4-13-10-18(23)19(24-3)11-16(13)14(15)8-9-21(17,20)2/h10-11,14-15,17,20,23H,4-9H2,1-3H3/t14?,15?,17?,20-,21-/m0/s1. The molecule has 4 heteroatoms. The Hall–Kier alpha value is -1.71. The van der Waals surface area contributed by atoms with E-state index in [1.807, 2.05) is 6.07 Å². The highest BCUT2D eigenvalue weighted by atomic mass is 16.5. The SMILES string of the molecule is COc1cc2c(cc1O)CCC1C2CC[C@@]2(C)C1CC[C@@H]2OC(C)=O. The summed E-state index contributed by atoms with van der Waals surface area (Å²) in [6.45, 7) is 3.86. The van der Waals surface area contributed by atoms with Crippen molar-refractivity contribution in [1.82, 2.24) is 0 Å². The molecule has 1 aromatic rings. The van der Waals surface area contributed by atoms with Crippen molar-refractivity contribution in [3.05, 3.63) is 23.3 Å². The molecule has 0 bridgehead atoms. The number of fused-ring (bicyclic) bond motifs is 5. The number of ether oxygens (including phenoxy) is 2. The fourth-order valence-corrected chi connectivity index (χ4v) is 6.10. The summed E-state index contributed by atoms with van der Waals surface area (Å²) in [5.74, 6) is 2.47. The molecule has 3 aliphatic rings. The number of rotatable bonds is 2. The summed E-state index contributed by atoms with van der Waals surface area (Å²) in [6, 6.07) is 3.96. The molecule has 0 amide bonds. The van der Waals surface area contributed by atoms with Crippen LogP contribution in [0.15, 0.2) is 12.1 Å². The number of benzene rings is 1. The van der Waals surface area contributed by atoms with Crippen molar-refractivity contribution in [2.45, 2.75) is 64.4 Å². The van der Waals surface area contributed by atoms with Gasteiger partial charge in [0.15, 0.2) is 11.5 Å². The molecule has 2 saturated carbocycles. The van der Waals surface area contributed by atoms with Crippen LogP contribution in [0.1, 0.15) is 63.0 Å². The molecule has 1 N–H and O–H groups in total. The molecule has 2 fully saturated rings. The van der Waals surface area contributed by atoms with Crippen molar-refractivity contribution < 1.29 is 19.4 Å². The number of phenolic OH excluding ortho intramolecular Hbond substituents is 1. The van der Waals surface area contributed by atoms with Crippen molar-refractivity contribution >= 4 is 5.97 Å². The van der Waals surface area contributed by atoms with Gasteiger partial charge >= 0.3 is 5.97 Å². The molecule has 25 heavy (non-hydrogen) atoms. The lowest BCUT2D eigenvalue weighted by Crippen LogP contribution is -2.45. The number of hydrogen-bond acceptors (Lipinski definition) is 4. The van der Waals surface area contributed by atoms with Gasteiger partial charge in [-0.25, -0.2) is 0 Å². The Balaban J connectivity index is 1.65. The zero-order chi connectivity index (χ0) is 17.8. The second-order valence-electron chi connectivity index (χ2n) is 8.36. The lowest BCUT2D eigenvalue weighted by molar-refractivity contribution is -0.154. The fraction of sp³-hybridized carbons (Fsp3) is 0.667. The summed E-state index contributed by atoms with van der Waals surface area (Å²) in [7, 11) is 1.61. The molecular weight excluding hydrogens is 316 g/mol. The Morgan fingerprint density at radius 3 is 2.76 bits per heavy atom. The predicted octanol–water partition coefficient (Wildman–Crippen LogP) is 4.19. The largest absolute Gasteiger partial charge is 0.504 e. The number of esters is 1. The molecule has 4 nitrogen and oxygen atoms in total. The van der Waals surface area contributed by atoms with Gasteiger partial charge in [-0.15, -0.1) is 0 Å². The Morgan fingerprint density at radius 2 is 2.04 bits per heavy atom. The van der Waals surface area contributed by atoms with E-state index in [-0.39, 0.29) is 23.2 Å². The first-order valence-corrected chi connectivity index (χ1v) is 9.51. The van der Waals surface area contributed by atoms with E-state index in [1.54, 1.807) is 7.11 Å². The monoisotopic (exact) mass is 344 g/mol. The normalized spacial score (nSPS) is 36.1. The van der Waals surface area contributed by atoms with Crippen LogP contribution in [0.3, 0.4) is 0 Å². The fourth-order valence-electron chi connectivity index (χ4n) is 6.10. The molecule has 3 aliphatic carbocycles. The van der Waals surface area contributed by atoms with Crippen LogP contribution in [-0.4, -0.2) is 24.3 Å². The van der Waals surface area contributed by atoms with Gasteiger partial charge in [0, 0.05) is 12.3 Å². The number of aromatic hydroxyl groups is 1. The van der Waals surface area contributed by atoms with Crippen LogP contribution in [0.4, 0.5) is 0 Å². The minimum absolute atomic E-state index is 0.0756. The summed E-state index contributed by atoms with van der Waals surface area (Å²) >= 11 is 0. The van der Waals surface area contributed by atoms with Gasteiger partial charge in [-0.3, -0.25) is 4.79 Å². The summed E-state index contributed by atoms with van der Waals surface area (Å²) < 4.78 is 11.0. The predicted molar refractivity (Wildman–Crippen MR) is 94.8 cm³/mol. The lowest BCUT2D eigenvalue weighted by Gasteiger charge is -2.50. The van der Waals surface area contributed by atoms with Gasteiger partial charge in [-0.05, 0) is 79.5 Å². The Morgan fingerprint density at radius 1 is 1.24 bits per heavy atom. The third kappa shape index (κ3) is 2.52. The first-order chi connectivity index (χ1) is 11.9. The Bertz CT molecular complexity index is 697. The summed E-state index contributed by atoms with van der Waals surface area (Å²) in [6.07, 6.45) is 6.62. The van der Waals surface area contributed by atoms with Crippen LogP contribution in [0.2, 0.25) is 0 Å². The Labute approximate surface area is 149 Å². The van der Waals surface area contributed by atoms with Crippen LogP contribution < -0.4 is 4.74 Å². The van der Waals surface area contributed by atoms with E-state index in [2.05, 4.69) is 13.0 Å². The smallest absolute Gasteiger partial charge is 0.302 e. The van der Waals surface area contributed by atoms with Crippen molar-refractivity contribution in [3.63, 3.8) is 0 Å². The molecule has 4 rings (SSSR count). The number of carbonyl (C=O) groups is 1. The van der Waals surface area contributed by atoms with E-state index < -0.39 is 0 Å². The molecule has 0 radical (unpaired) electrons. The topological polar surface area (TPSA) is 55.8 Å². The van der Waals surface area contributed by atoms with E-state index in [0.717, 1.165) is 38.5 Å². The van der Waals surface area contributed by atoms with Gasteiger partial charge < -0.3 is 14.6 Å². The van der Waals surface area contributed by atoms with Gasteiger partial charge in [0.25, 0.3) is 0 Å². The zero-order valence-corrected chi connectivity index (χ0v) is 15.4. The highest BCUT2D eigenvalue weighted by molar-refractivity contribution is 5.66. The average molecular weight is 344 g/mol. The van der Waals surface area contributed by atoms with Gasteiger partial charge in [-0.2, -0.15) is 0 Å². The third-order valence-electron chi connectivity index (χ3n) is 7.25. The van der Waals surface area contributed by atoms with E-state index in [4.69, 9.17) is 9.47 Å². The second kappa shape index (κ2) is 5.93. The zero-order valence-electron chi connectivity index (χ0n) is 15.4. The highest BCUT2D eigenvalue weighted by Gasteiger charge is 2.56. The summed E-state index contributed by atoms with van der Waals surface area (Å²) in [4.78, 5) is 11.5. The summed E-state index contributed by atoms with van der Waals surface area (Å²) in [5, 5.41) is 10.1. The minimum atomic E-state index is -0.150. The van der Waals surface area contributed by atoms with Crippen LogP contribution in [0.5, 0.6) is 11.5 Å². The lowest BCUT2D eigenvalue weighted by atomic mass is 9.55. The highest BCUT2D eigenvalue weighted by Crippen LogP contribution is 2.62. The Kier molecular flexibility index (Phi) is 3.97.